The summed E-state index contributed by atoms with van der Waals surface area (Å²) in [6.07, 6.45) is 3.97. The molecule has 3 aliphatic rings. The zero-order valence-corrected chi connectivity index (χ0v) is 15.5. The molecule has 136 valence electrons. The molecule has 0 spiro atoms. The third-order valence-electron chi connectivity index (χ3n) is 6.16. The lowest BCUT2D eigenvalue weighted by molar-refractivity contribution is 0.0224. The van der Waals surface area contributed by atoms with E-state index >= 15 is 0 Å². The quantitative estimate of drug-likeness (QED) is 0.829. The number of methoxy groups -OCH3 is 1. The number of piperidine rings is 2. The van der Waals surface area contributed by atoms with Gasteiger partial charge in [-0.05, 0) is 54.9 Å². The highest BCUT2D eigenvalue weighted by Gasteiger charge is 2.45. The van der Waals surface area contributed by atoms with Gasteiger partial charge < -0.3 is 4.74 Å². The van der Waals surface area contributed by atoms with Crippen LogP contribution >= 0.6 is 0 Å². The second kappa shape index (κ2) is 6.41. The van der Waals surface area contributed by atoms with Gasteiger partial charge in [0, 0.05) is 37.1 Å². The Kier molecular flexibility index (Phi) is 4.38. The van der Waals surface area contributed by atoms with Crippen LogP contribution in [-0.2, 0) is 16.4 Å². The Labute approximate surface area is 150 Å². The highest BCUT2D eigenvalue weighted by Crippen LogP contribution is 2.44. The summed E-state index contributed by atoms with van der Waals surface area (Å²) in [5.74, 6) is 1.33. The first-order valence-electron chi connectivity index (χ1n) is 9.08. The van der Waals surface area contributed by atoms with Crippen LogP contribution in [0, 0.1) is 5.92 Å². The molecule has 0 bridgehead atoms. The van der Waals surface area contributed by atoms with Crippen LogP contribution in [0.3, 0.4) is 0 Å². The fraction of sp³-hybridized carbons (Fsp3) is 0.579. The van der Waals surface area contributed by atoms with Crippen LogP contribution in [0.2, 0.25) is 0 Å². The first-order valence-corrected chi connectivity index (χ1v) is 10.6. The van der Waals surface area contributed by atoms with Gasteiger partial charge in [0.15, 0.2) is 0 Å². The van der Waals surface area contributed by atoms with E-state index in [1.165, 1.54) is 11.1 Å². The van der Waals surface area contributed by atoms with Gasteiger partial charge in [-0.1, -0.05) is 12.6 Å². The Balaban J connectivity index is 1.66. The molecule has 0 aliphatic carbocycles. The molecule has 3 atom stereocenters. The first-order chi connectivity index (χ1) is 12.0. The van der Waals surface area contributed by atoms with E-state index in [0.29, 0.717) is 18.5 Å². The number of sulfonamides is 1. The van der Waals surface area contributed by atoms with Crippen LogP contribution in [0.15, 0.2) is 30.2 Å². The molecule has 0 aromatic heterocycles. The molecule has 0 amide bonds. The average molecular weight is 362 g/mol. The van der Waals surface area contributed by atoms with Crippen molar-refractivity contribution in [3.8, 4) is 5.75 Å². The summed E-state index contributed by atoms with van der Waals surface area (Å²) in [6, 6.07) is 6.72. The van der Waals surface area contributed by atoms with Crippen molar-refractivity contribution in [2.24, 2.45) is 5.92 Å². The van der Waals surface area contributed by atoms with E-state index in [1.807, 2.05) is 6.07 Å². The largest absolute Gasteiger partial charge is 0.497 e. The van der Waals surface area contributed by atoms with Gasteiger partial charge in [0.1, 0.15) is 5.75 Å². The van der Waals surface area contributed by atoms with Crippen molar-refractivity contribution in [1.29, 1.82) is 0 Å². The summed E-state index contributed by atoms with van der Waals surface area (Å²) in [4.78, 5) is 2.56. The molecule has 6 heteroatoms. The van der Waals surface area contributed by atoms with Gasteiger partial charge in [0.05, 0.1) is 7.11 Å². The summed E-state index contributed by atoms with van der Waals surface area (Å²) in [7, 11) is -1.66. The molecular formula is C19H26N2O3S. The molecule has 0 N–H and O–H groups in total. The molecule has 2 fully saturated rings. The molecule has 5 nitrogen and oxygen atoms in total. The maximum atomic E-state index is 12.5. The van der Waals surface area contributed by atoms with Gasteiger partial charge in [-0.2, -0.15) is 4.31 Å². The van der Waals surface area contributed by atoms with Crippen LogP contribution in [-0.4, -0.2) is 50.4 Å². The predicted molar refractivity (Wildman–Crippen MR) is 98.0 cm³/mol. The standard InChI is InChI=1S/C19H26N2O3S/c1-3-25(22,23)21-9-4-5-15-13-20-10-8-14-11-16(24-2)6-7-17(14)19(20)12-18(15)21/h3,6-7,11,15,18-19H,1,4-5,8-10,12-13H2,2H3/t15-,18+,19+/m1/s1. The third kappa shape index (κ3) is 2.90. The summed E-state index contributed by atoms with van der Waals surface area (Å²) >= 11 is 0. The van der Waals surface area contributed by atoms with Crippen LogP contribution in [0.25, 0.3) is 0 Å². The van der Waals surface area contributed by atoms with E-state index in [0.717, 1.165) is 49.9 Å². The molecule has 1 aromatic carbocycles. The summed E-state index contributed by atoms with van der Waals surface area (Å²) in [5.41, 5.74) is 2.68. The molecule has 3 heterocycles. The van der Waals surface area contributed by atoms with Gasteiger partial charge >= 0.3 is 0 Å². The highest BCUT2D eigenvalue weighted by molar-refractivity contribution is 7.92. The Morgan fingerprint density at radius 3 is 2.92 bits per heavy atom. The normalized spacial score (nSPS) is 30.0. The number of fused-ring (bicyclic) bond motifs is 4. The minimum absolute atomic E-state index is 0.0889. The molecule has 0 radical (unpaired) electrons. The van der Waals surface area contributed by atoms with E-state index in [1.54, 1.807) is 11.4 Å². The maximum absolute atomic E-state index is 12.5. The number of benzene rings is 1. The van der Waals surface area contributed by atoms with Crippen molar-refractivity contribution in [3.05, 3.63) is 41.3 Å². The van der Waals surface area contributed by atoms with E-state index in [4.69, 9.17) is 4.74 Å². The molecule has 4 rings (SSSR count). The number of hydrogen-bond donors (Lipinski definition) is 0. The summed E-state index contributed by atoms with van der Waals surface area (Å²) in [6.45, 7) is 6.18. The van der Waals surface area contributed by atoms with Gasteiger partial charge in [0.2, 0.25) is 10.0 Å². The molecule has 0 saturated carbocycles. The molecular weight excluding hydrogens is 336 g/mol. The predicted octanol–water partition coefficient (Wildman–Crippen LogP) is 2.55. The van der Waals surface area contributed by atoms with E-state index in [-0.39, 0.29) is 6.04 Å². The molecule has 0 unspecified atom stereocenters. The fourth-order valence-electron chi connectivity index (χ4n) is 4.93. The summed E-state index contributed by atoms with van der Waals surface area (Å²) < 4.78 is 32.0. The lowest BCUT2D eigenvalue weighted by atomic mass is 9.77. The monoisotopic (exact) mass is 362 g/mol. The Hall–Kier alpha value is -1.37. The highest BCUT2D eigenvalue weighted by atomic mass is 32.2. The second-order valence-corrected chi connectivity index (χ2v) is 9.19. The topological polar surface area (TPSA) is 49.9 Å². The van der Waals surface area contributed by atoms with Gasteiger partial charge in [0.25, 0.3) is 0 Å². The minimum Gasteiger partial charge on any atom is -0.497 e. The van der Waals surface area contributed by atoms with Gasteiger partial charge in [-0.25, -0.2) is 8.42 Å². The lowest BCUT2D eigenvalue weighted by Gasteiger charge is -2.51. The van der Waals surface area contributed by atoms with Crippen molar-refractivity contribution in [2.75, 3.05) is 26.7 Å². The van der Waals surface area contributed by atoms with Crippen LogP contribution in [0.1, 0.15) is 36.4 Å². The number of hydrogen-bond acceptors (Lipinski definition) is 4. The van der Waals surface area contributed by atoms with E-state index < -0.39 is 10.0 Å². The fourth-order valence-corrected chi connectivity index (χ4v) is 6.14. The Morgan fingerprint density at radius 2 is 2.16 bits per heavy atom. The van der Waals surface area contributed by atoms with Crippen LogP contribution in [0.5, 0.6) is 5.75 Å². The lowest BCUT2D eigenvalue weighted by Crippen LogP contribution is -2.57. The zero-order valence-electron chi connectivity index (χ0n) is 14.7. The number of rotatable bonds is 3. The second-order valence-electron chi connectivity index (χ2n) is 7.35. The molecule has 25 heavy (non-hydrogen) atoms. The van der Waals surface area contributed by atoms with Crippen molar-refractivity contribution in [1.82, 2.24) is 9.21 Å². The smallest absolute Gasteiger partial charge is 0.235 e. The van der Waals surface area contributed by atoms with E-state index in [2.05, 4.69) is 23.6 Å². The van der Waals surface area contributed by atoms with Crippen molar-refractivity contribution in [3.63, 3.8) is 0 Å². The van der Waals surface area contributed by atoms with Crippen molar-refractivity contribution >= 4 is 10.0 Å². The van der Waals surface area contributed by atoms with Gasteiger partial charge in [-0.3, -0.25) is 4.90 Å². The Morgan fingerprint density at radius 1 is 1.32 bits per heavy atom. The Bertz CT molecular complexity index is 777. The minimum atomic E-state index is -3.36. The molecule has 2 saturated heterocycles. The first kappa shape index (κ1) is 17.1. The molecule has 3 aliphatic heterocycles. The zero-order chi connectivity index (χ0) is 17.6. The third-order valence-corrected chi connectivity index (χ3v) is 7.69. The molecule has 1 aromatic rings. The summed E-state index contributed by atoms with van der Waals surface area (Å²) in [5, 5.41) is 1.11. The van der Waals surface area contributed by atoms with Crippen LogP contribution < -0.4 is 4.74 Å². The average Bonchev–Trinajstić information content (AvgIpc) is 2.65. The SMILES string of the molecule is C=CS(=O)(=O)N1CCC[C@@H]2CN3CCc4cc(OC)ccc4[C@@H]3C[C@@H]21. The van der Waals surface area contributed by atoms with Crippen LogP contribution in [0.4, 0.5) is 0 Å². The van der Waals surface area contributed by atoms with Crippen molar-refractivity contribution < 1.29 is 13.2 Å². The van der Waals surface area contributed by atoms with Crippen molar-refractivity contribution in [2.45, 2.75) is 37.8 Å². The number of nitrogens with zero attached hydrogens (tertiary/aromatic N) is 2. The maximum Gasteiger partial charge on any atom is 0.235 e. The van der Waals surface area contributed by atoms with Gasteiger partial charge in [-0.15, -0.1) is 0 Å². The number of ether oxygens (including phenoxy) is 1. The van der Waals surface area contributed by atoms with E-state index in [9.17, 15) is 8.42 Å².